The number of carbonyl (C=O) groups excluding carboxylic acids is 1. The van der Waals surface area contributed by atoms with Crippen molar-refractivity contribution in [3.63, 3.8) is 0 Å². The third kappa shape index (κ3) is 5.64. The third-order valence-electron chi connectivity index (χ3n) is 3.61. The standard InChI is InChI=1S/C16H26NO4.HI/c1-17(2,12-7-6-11-15(18)20-4)13-9-8-10-14(19-3)16(13)21-5;/h8-10H,6-7,11-12H2,1-5H3;1H/q+1;/p-1. The average Bonchev–Trinajstić information content (AvgIpc) is 2.50. The maximum absolute atomic E-state index is 11.1. The lowest BCUT2D eigenvalue weighted by atomic mass is 10.1. The van der Waals surface area contributed by atoms with Crippen LogP contribution in [0.1, 0.15) is 19.3 Å². The summed E-state index contributed by atoms with van der Waals surface area (Å²) < 4.78 is 16.2. The topological polar surface area (TPSA) is 44.8 Å². The second-order valence-electron chi connectivity index (χ2n) is 5.45. The predicted octanol–water partition coefficient (Wildman–Crippen LogP) is -0.382. The molecule has 0 saturated heterocycles. The van der Waals surface area contributed by atoms with Crippen LogP contribution in [-0.4, -0.2) is 47.9 Å². The molecule has 0 aliphatic carbocycles. The molecule has 0 radical (unpaired) electrons. The van der Waals surface area contributed by atoms with Gasteiger partial charge >= 0.3 is 5.97 Å². The highest BCUT2D eigenvalue weighted by Crippen LogP contribution is 2.39. The molecule has 0 amide bonds. The summed E-state index contributed by atoms with van der Waals surface area (Å²) in [6.07, 6.45) is 2.22. The molecule has 0 fully saturated rings. The molecule has 0 aliphatic rings. The Bertz CT molecular complexity index is 477. The van der Waals surface area contributed by atoms with Crippen molar-refractivity contribution in [1.29, 1.82) is 0 Å². The van der Waals surface area contributed by atoms with E-state index >= 15 is 0 Å². The van der Waals surface area contributed by atoms with Gasteiger partial charge in [-0.1, -0.05) is 6.07 Å². The summed E-state index contributed by atoms with van der Waals surface area (Å²) in [6.45, 7) is 0.903. The fraction of sp³-hybridized carbons (Fsp3) is 0.562. The lowest BCUT2D eigenvalue weighted by molar-refractivity contribution is -0.140. The van der Waals surface area contributed by atoms with Crippen LogP contribution in [0, 0.1) is 0 Å². The number of benzene rings is 1. The van der Waals surface area contributed by atoms with Crippen LogP contribution in [-0.2, 0) is 9.53 Å². The van der Waals surface area contributed by atoms with E-state index in [1.54, 1.807) is 14.2 Å². The summed E-state index contributed by atoms with van der Waals surface area (Å²) in [7, 11) is 8.95. The number of para-hydroxylation sites is 1. The molecule has 0 aliphatic heterocycles. The van der Waals surface area contributed by atoms with Gasteiger partial charge in [-0.25, -0.2) is 0 Å². The Morgan fingerprint density at radius 2 is 1.77 bits per heavy atom. The monoisotopic (exact) mass is 423 g/mol. The maximum Gasteiger partial charge on any atom is 0.305 e. The van der Waals surface area contributed by atoms with Crippen LogP contribution in [0.25, 0.3) is 0 Å². The molecule has 0 N–H and O–H groups in total. The van der Waals surface area contributed by atoms with E-state index in [0.717, 1.165) is 36.6 Å². The second-order valence-corrected chi connectivity index (χ2v) is 5.45. The van der Waals surface area contributed by atoms with Crippen LogP contribution in [0.5, 0.6) is 11.5 Å². The number of ether oxygens (including phenoxy) is 3. The lowest BCUT2D eigenvalue weighted by Gasteiger charge is -2.31. The van der Waals surface area contributed by atoms with Gasteiger partial charge in [-0.05, 0) is 18.9 Å². The largest absolute Gasteiger partial charge is 1.00 e. The molecule has 0 atom stereocenters. The SMILES string of the molecule is COC(=O)CCCC[N+](C)(C)c1cccc(OC)c1OC.[I-]. The van der Waals surface area contributed by atoms with Gasteiger partial charge in [0.1, 0.15) is 0 Å². The molecule has 1 aromatic carbocycles. The predicted molar refractivity (Wildman–Crippen MR) is 83.9 cm³/mol. The Morgan fingerprint density at radius 3 is 2.32 bits per heavy atom. The number of halogens is 1. The van der Waals surface area contributed by atoms with E-state index in [4.69, 9.17) is 9.47 Å². The minimum absolute atomic E-state index is 0. The second kappa shape index (κ2) is 9.89. The number of carbonyl (C=O) groups is 1. The molecule has 1 aromatic rings. The van der Waals surface area contributed by atoms with Crippen LogP contribution in [0.3, 0.4) is 0 Å². The van der Waals surface area contributed by atoms with Gasteiger partial charge in [0.2, 0.25) is 5.75 Å². The third-order valence-corrected chi connectivity index (χ3v) is 3.61. The van der Waals surface area contributed by atoms with E-state index in [2.05, 4.69) is 18.8 Å². The van der Waals surface area contributed by atoms with Gasteiger partial charge < -0.3 is 38.2 Å². The number of hydrogen-bond acceptors (Lipinski definition) is 4. The molecule has 126 valence electrons. The van der Waals surface area contributed by atoms with Gasteiger partial charge in [-0.3, -0.25) is 9.28 Å². The summed E-state index contributed by atoms with van der Waals surface area (Å²) in [5.74, 6) is 1.34. The zero-order valence-electron chi connectivity index (χ0n) is 14.0. The van der Waals surface area contributed by atoms with Crippen LogP contribution in [0.4, 0.5) is 5.69 Å². The molecule has 1 rings (SSSR count). The van der Waals surface area contributed by atoms with Gasteiger partial charge in [-0.2, -0.15) is 0 Å². The zero-order chi connectivity index (χ0) is 15.9. The van der Waals surface area contributed by atoms with Crippen LogP contribution in [0.15, 0.2) is 18.2 Å². The van der Waals surface area contributed by atoms with E-state index in [1.165, 1.54) is 7.11 Å². The first-order chi connectivity index (χ1) is 9.96. The van der Waals surface area contributed by atoms with Crippen molar-refractivity contribution in [2.24, 2.45) is 0 Å². The number of esters is 1. The number of hydrogen-bond donors (Lipinski definition) is 0. The van der Waals surface area contributed by atoms with Crippen molar-refractivity contribution in [2.75, 3.05) is 42.0 Å². The molecule has 0 unspecified atom stereocenters. The number of unbranched alkanes of at least 4 members (excludes halogenated alkanes) is 1. The van der Waals surface area contributed by atoms with Crippen molar-refractivity contribution in [3.05, 3.63) is 18.2 Å². The Balaban J connectivity index is 0.00000441. The highest BCUT2D eigenvalue weighted by Gasteiger charge is 2.25. The lowest BCUT2D eigenvalue weighted by Crippen LogP contribution is -3.00. The van der Waals surface area contributed by atoms with Crippen LogP contribution < -0.4 is 37.9 Å². The fourth-order valence-electron chi connectivity index (χ4n) is 2.35. The fourth-order valence-corrected chi connectivity index (χ4v) is 2.35. The highest BCUT2D eigenvalue weighted by atomic mass is 127. The molecule has 22 heavy (non-hydrogen) atoms. The van der Waals surface area contributed by atoms with Crippen LogP contribution >= 0.6 is 0 Å². The zero-order valence-corrected chi connectivity index (χ0v) is 16.2. The van der Waals surface area contributed by atoms with Gasteiger partial charge in [0, 0.05) is 12.5 Å². The van der Waals surface area contributed by atoms with Gasteiger partial charge in [0.25, 0.3) is 0 Å². The first-order valence-electron chi connectivity index (χ1n) is 7.07. The van der Waals surface area contributed by atoms with Gasteiger partial charge in [-0.15, -0.1) is 0 Å². The summed E-state index contributed by atoms with van der Waals surface area (Å²) in [6, 6.07) is 5.90. The number of quaternary nitrogens is 1. The van der Waals surface area contributed by atoms with Crippen molar-refractivity contribution < 1.29 is 43.0 Å². The summed E-state index contributed by atoms with van der Waals surface area (Å²) >= 11 is 0. The number of nitrogens with zero attached hydrogens (tertiary/aromatic N) is 1. The highest BCUT2D eigenvalue weighted by molar-refractivity contribution is 5.69. The van der Waals surface area contributed by atoms with Gasteiger partial charge in [0.15, 0.2) is 11.4 Å². The minimum Gasteiger partial charge on any atom is -1.00 e. The van der Waals surface area contributed by atoms with Crippen molar-refractivity contribution >= 4 is 11.7 Å². The molecule has 0 heterocycles. The molecule has 5 nitrogen and oxygen atoms in total. The normalized spacial score (nSPS) is 10.6. The first-order valence-corrected chi connectivity index (χ1v) is 7.07. The van der Waals surface area contributed by atoms with Crippen molar-refractivity contribution in [2.45, 2.75) is 19.3 Å². The summed E-state index contributed by atoms with van der Waals surface area (Å²) in [5, 5.41) is 0. The number of methoxy groups -OCH3 is 3. The molecular formula is C16H26INO4. The van der Waals surface area contributed by atoms with E-state index in [0.29, 0.717) is 10.9 Å². The molecular weight excluding hydrogens is 397 g/mol. The van der Waals surface area contributed by atoms with E-state index in [1.807, 2.05) is 18.2 Å². The summed E-state index contributed by atoms with van der Waals surface area (Å²) in [4.78, 5) is 11.1. The Hall–Kier alpha value is -1.02. The maximum atomic E-state index is 11.1. The Morgan fingerprint density at radius 1 is 1.09 bits per heavy atom. The van der Waals surface area contributed by atoms with E-state index < -0.39 is 0 Å². The molecule has 6 heteroatoms. The summed E-state index contributed by atoms with van der Waals surface area (Å²) in [5.41, 5.74) is 1.06. The molecule has 0 saturated carbocycles. The van der Waals surface area contributed by atoms with Crippen LogP contribution in [0.2, 0.25) is 0 Å². The van der Waals surface area contributed by atoms with E-state index in [9.17, 15) is 4.79 Å². The molecule has 0 spiro atoms. The molecule has 0 aromatic heterocycles. The van der Waals surface area contributed by atoms with Crippen molar-refractivity contribution in [1.82, 2.24) is 4.48 Å². The molecule has 0 bridgehead atoms. The average molecular weight is 423 g/mol. The van der Waals surface area contributed by atoms with Crippen molar-refractivity contribution in [3.8, 4) is 11.5 Å². The van der Waals surface area contributed by atoms with E-state index in [-0.39, 0.29) is 29.9 Å². The van der Waals surface area contributed by atoms with Gasteiger partial charge in [0.05, 0.1) is 42.0 Å². The minimum atomic E-state index is -0.153. The quantitative estimate of drug-likeness (QED) is 0.248. The first kappa shape index (κ1) is 21.0. The Kier molecular flexibility index (Phi) is 9.43. The smallest absolute Gasteiger partial charge is 0.305 e. The number of rotatable bonds is 8. The Labute approximate surface area is 150 Å².